The zero-order chi connectivity index (χ0) is 26.5. The van der Waals surface area contributed by atoms with Crippen LogP contribution in [-0.4, -0.2) is 57.8 Å². The molecule has 3 aromatic rings. The Kier molecular flexibility index (Phi) is 8.46. The summed E-state index contributed by atoms with van der Waals surface area (Å²) in [5.41, 5.74) is 4.30. The molecular weight excluding hydrogens is 482 g/mol. The van der Waals surface area contributed by atoms with Gasteiger partial charge in [-0.3, -0.25) is 14.7 Å². The maximum atomic E-state index is 12.3. The van der Waals surface area contributed by atoms with Gasteiger partial charge in [0.25, 0.3) is 5.91 Å². The largest absolute Gasteiger partial charge is 0.392 e. The normalized spacial score (nSPS) is 25.8. The molecule has 0 unspecified atom stereocenters. The number of aliphatic hydroxyl groups excluding tert-OH is 2. The number of carbonyl (C=O) groups excluding carboxylic acids is 1. The van der Waals surface area contributed by atoms with Crippen LogP contribution < -0.4 is 5.32 Å². The topological polar surface area (TPSA) is 104 Å². The summed E-state index contributed by atoms with van der Waals surface area (Å²) in [7, 11) is 0. The van der Waals surface area contributed by atoms with E-state index in [1.165, 1.54) is 0 Å². The van der Waals surface area contributed by atoms with Crippen LogP contribution in [0.25, 0.3) is 0 Å². The SMILES string of the molecule is C[C@H]1[C@@H](CN2CC[C@H](O)C2)O[C@@H](c2ccc(CNC(=O)c3cccnc3)cc2)O[C@H]1c1ccc(CO)cc1. The zero-order valence-corrected chi connectivity index (χ0v) is 21.6. The lowest BCUT2D eigenvalue weighted by atomic mass is 9.90. The lowest BCUT2D eigenvalue weighted by Gasteiger charge is -2.42. The van der Waals surface area contributed by atoms with Crippen LogP contribution in [0, 0.1) is 5.92 Å². The van der Waals surface area contributed by atoms with Gasteiger partial charge in [-0.1, -0.05) is 55.5 Å². The summed E-state index contributed by atoms with van der Waals surface area (Å²) in [6.07, 6.45) is 2.87. The Hall–Kier alpha value is -3.14. The Morgan fingerprint density at radius 1 is 1.05 bits per heavy atom. The summed E-state index contributed by atoms with van der Waals surface area (Å²) in [5, 5.41) is 22.4. The van der Waals surface area contributed by atoms with Crippen molar-refractivity contribution in [2.75, 3.05) is 19.6 Å². The zero-order valence-electron chi connectivity index (χ0n) is 21.6. The smallest absolute Gasteiger partial charge is 0.253 e. The van der Waals surface area contributed by atoms with Crippen LogP contribution >= 0.6 is 0 Å². The number of benzene rings is 2. The number of amides is 1. The van der Waals surface area contributed by atoms with Crippen molar-refractivity contribution in [2.24, 2.45) is 5.92 Å². The molecule has 8 nitrogen and oxygen atoms in total. The van der Waals surface area contributed by atoms with Crippen molar-refractivity contribution in [2.45, 2.75) is 51.1 Å². The van der Waals surface area contributed by atoms with Gasteiger partial charge >= 0.3 is 0 Å². The number of aromatic nitrogens is 1. The summed E-state index contributed by atoms with van der Waals surface area (Å²) in [6, 6.07) is 19.3. The van der Waals surface area contributed by atoms with E-state index in [-0.39, 0.29) is 36.7 Å². The van der Waals surface area contributed by atoms with Gasteiger partial charge in [0, 0.05) is 50.1 Å². The number of carbonyl (C=O) groups is 1. The number of likely N-dealkylation sites (tertiary alicyclic amines) is 1. The van der Waals surface area contributed by atoms with Crippen LogP contribution in [0.15, 0.2) is 73.1 Å². The number of hydrogen-bond acceptors (Lipinski definition) is 7. The Balaban J connectivity index is 1.30. The molecule has 2 aromatic carbocycles. The minimum Gasteiger partial charge on any atom is -0.392 e. The van der Waals surface area contributed by atoms with E-state index >= 15 is 0 Å². The minimum atomic E-state index is -0.551. The predicted octanol–water partition coefficient (Wildman–Crippen LogP) is 3.36. The molecule has 1 amide bonds. The van der Waals surface area contributed by atoms with Gasteiger partial charge in [0.05, 0.1) is 30.5 Å². The fourth-order valence-corrected chi connectivity index (χ4v) is 5.13. The lowest BCUT2D eigenvalue weighted by Crippen LogP contribution is -2.44. The molecule has 3 heterocycles. The second kappa shape index (κ2) is 12.1. The number of nitrogens with zero attached hydrogens (tertiary/aromatic N) is 2. The molecule has 2 aliphatic heterocycles. The summed E-state index contributed by atoms with van der Waals surface area (Å²) in [4.78, 5) is 18.6. The summed E-state index contributed by atoms with van der Waals surface area (Å²) < 4.78 is 13.0. The maximum Gasteiger partial charge on any atom is 0.253 e. The first-order chi connectivity index (χ1) is 18.5. The molecule has 0 bridgehead atoms. The number of rotatable bonds is 8. The molecule has 2 fully saturated rings. The van der Waals surface area contributed by atoms with E-state index in [0.29, 0.717) is 18.7 Å². The van der Waals surface area contributed by atoms with E-state index < -0.39 is 6.29 Å². The molecule has 0 aliphatic carbocycles. The molecule has 1 aromatic heterocycles. The summed E-state index contributed by atoms with van der Waals surface area (Å²) >= 11 is 0. The van der Waals surface area contributed by atoms with E-state index in [1.54, 1.807) is 24.5 Å². The lowest BCUT2D eigenvalue weighted by molar-refractivity contribution is -0.276. The number of nitrogens with one attached hydrogen (secondary N) is 1. The Morgan fingerprint density at radius 3 is 2.45 bits per heavy atom. The number of hydrogen-bond donors (Lipinski definition) is 3. The van der Waals surface area contributed by atoms with Gasteiger partial charge < -0.3 is 25.0 Å². The quantitative estimate of drug-likeness (QED) is 0.421. The van der Waals surface area contributed by atoms with Crippen molar-refractivity contribution in [1.29, 1.82) is 0 Å². The van der Waals surface area contributed by atoms with E-state index in [9.17, 15) is 15.0 Å². The van der Waals surface area contributed by atoms with E-state index in [4.69, 9.17) is 9.47 Å². The van der Waals surface area contributed by atoms with Gasteiger partial charge in [-0.25, -0.2) is 0 Å². The third kappa shape index (κ3) is 6.28. The van der Waals surface area contributed by atoms with E-state index in [1.807, 2.05) is 48.5 Å². The van der Waals surface area contributed by atoms with Gasteiger partial charge in [-0.05, 0) is 35.2 Å². The third-order valence-corrected chi connectivity index (χ3v) is 7.44. The first-order valence-electron chi connectivity index (χ1n) is 13.2. The average Bonchev–Trinajstić information content (AvgIpc) is 3.38. The van der Waals surface area contributed by atoms with Crippen molar-refractivity contribution in [3.63, 3.8) is 0 Å². The van der Waals surface area contributed by atoms with E-state index in [0.717, 1.165) is 41.8 Å². The van der Waals surface area contributed by atoms with Gasteiger partial charge in [-0.15, -0.1) is 0 Å². The number of β-amino-alcohol motifs (C(OH)–C–C–N with tert-alkyl or cyclic N) is 1. The molecule has 200 valence electrons. The van der Waals surface area contributed by atoms with Crippen LogP contribution in [-0.2, 0) is 22.6 Å². The maximum absolute atomic E-state index is 12.3. The standard InChI is InChI=1S/C30H35N3O5/c1-20-27(18-33-14-12-26(35)17-33)37-30(38-28(20)23-8-6-22(19-34)7-9-23)24-10-4-21(5-11-24)15-32-29(36)25-3-2-13-31-16-25/h2-11,13,16,20,26-28,30,34-35H,12,14-15,17-19H2,1H3,(H,32,36)/t20-,26-,27+,28+,30+/m0/s1. The van der Waals surface area contributed by atoms with Crippen LogP contribution in [0.2, 0.25) is 0 Å². The highest BCUT2D eigenvalue weighted by molar-refractivity contribution is 5.93. The molecule has 0 radical (unpaired) electrons. The molecular formula is C30H35N3O5. The highest BCUT2D eigenvalue weighted by Crippen LogP contribution is 2.42. The number of pyridine rings is 1. The molecule has 3 N–H and O–H groups in total. The first-order valence-corrected chi connectivity index (χ1v) is 13.2. The highest BCUT2D eigenvalue weighted by Gasteiger charge is 2.39. The summed E-state index contributed by atoms with van der Waals surface area (Å²) in [5.74, 6) is -0.0778. The summed E-state index contributed by atoms with van der Waals surface area (Å²) in [6.45, 7) is 4.79. The van der Waals surface area contributed by atoms with Crippen LogP contribution in [0.1, 0.15) is 58.4 Å². The minimum absolute atomic E-state index is 0.00203. The van der Waals surface area contributed by atoms with Crippen molar-refractivity contribution >= 4 is 5.91 Å². The average molecular weight is 518 g/mol. The Labute approximate surface area is 223 Å². The second-order valence-corrected chi connectivity index (χ2v) is 10.2. The van der Waals surface area contributed by atoms with Crippen LogP contribution in [0.5, 0.6) is 0 Å². The monoisotopic (exact) mass is 517 g/mol. The molecule has 5 atom stereocenters. The first kappa shape index (κ1) is 26.5. The van der Waals surface area contributed by atoms with Crippen molar-refractivity contribution in [1.82, 2.24) is 15.2 Å². The fourth-order valence-electron chi connectivity index (χ4n) is 5.13. The van der Waals surface area contributed by atoms with Crippen molar-refractivity contribution in [3.8, 4) is 0 Å². The van der Waals surface area contributed by atoms with Gasteiger partial charge in [0.1, 0.15) is 0 Å². The fraction of sp³-hybridized carbons (Fsp3) is 0.400. The van der Waals surface area contributed by atoms with Gasteiger partial charge in [-0.2, -0.15) is 0 Å². The van der Waals surface area contributed by atoms with Crippen molar-refractivity contribution < 1.29 is 24.5 Å². The third-order valence-electron chi connectivity index (χ3n) is 7.44. The second-order valence-electron chi connectivity index (χ2n) is 10.2. The van der Waals surface area contributed by atoms with Crippen molar-refractivity contribution in [3.05, 3.63) is 101 Å². The Bertz CT molecular complexity index is 1190. The number of aliphatic hydroxyl groups is 2. The van der Waals surface area contributed by atoms with Gasteiger partial charge in [0.2, 0.25) is 0 Å². The predicted molar refractivity (Wildman–Crippen MR) is 142 cm³/mol. The highest BCUT2D eigenvalue weighted by atomic mass is 16.7. The molecule has 0 saturated carbocycles. The van der Waals surface area contributed by atoms with E-state index in [2.05, 4.69) is 22.1 Å². The molecule has 5 rings (SSSR count). The molecule has 2 saturated heterocycles. The molecule has 0 spiro atoms. The molecule has 2 aliphatic rings. The molecule has 38 heavy (non-hydrogen) atoms. The Morgan fingerprint density at radius 2 is 1.79 bits per heavy atom. The van der Waals surface area contributed by atoms with Crippen LogP contribution in [0.3, 0.4) is 0 Å². The number of ether oxygens (including phenoxy) is 2. The van der Waals surface area contributed by atoms with Crippen LogP contribution in [0.4, 0.5) is 0 Å². The molecule has 8 heteroatoms. The van der Waals surface area contributed by atoms with Gasteiger partial charge in [0.15, 0.2) is 6.29 Å².